The van der Waals surface area contributed by atoms with Crippen molar-refractivity contribution in [2.75, 3.05) is 0 Å². The van der Waals surface area contributed by atoms with Crippen molar-refractivity contribution in [1.82, 2.24) is 0 Å². The number of carbonyl (C=O) groups excluding carboxylic acids is 2. The van der Waals surface area contributed by atoms with E-state index in [1.807, 2.05) is 6.92 Å². The molecule has 2 unspecified atom stereocenters. The molecule has 0 radical (unpaired) electrons. The van der Waals surface area contributed by atoms with Crippen LogP contribution >= 0.6 is 0 Å². The third kappa shape index (κ3) is 5.55. The first-order chi connectivity index (χ1) is 7.02. The van der Waals surface area contributed by atoms with Crippen molar-refractivity contribution in [3.05, 3.63) is 0 Å². The maximum absolute atomic E-state index is 11.4. The van der Waals surface area contributed by atoms with Crippen molar-refractivity contribution < 1.29 is 14.3 Å². The first-order valence-corrected chi connectivity index (χ1v) is 5.70. The number of hydrogen-bond acceptors (Lipinski definition) is 3. The van der Waals surface area contributed by atoms with Gasteiger partial charge in [0.2, 0.25) is 0 Å². The number of hydrogen-bond donors (Lipinski definition) is 0. The molecule has 0 aromatic rings. The van der Waals surface area contributed by atoms with Crippen molar-refractivity contribution in [3.8, 4) is 0 Å². The van der Waals surface area contributed by atoms with Gasteiger partial charge in [0.05, 0.1) is 0 Å². The third-order valence-electron chi connectivity index (χ3n) is 2.57. The molecule has 0 aromatic carbocycles. The molecule has 0 spiro atoms. The number of ether oxygens (including phenoxy) is 1. The zero-order chi connectivity index (χ0) is 11.8. The molecule has 88 valence electrons. The summed E-state index contributed by atoms with van der Waals surface area (Å²) in [6.45, 7) is 6.98. The molecule has 0 aromatic heterocycles. The van der Waals surface area contributed by atoms with Crippen molar-refractivity contribution in [2.45, 2.75) is 59.5 Å². The van der Waals surface area contributed by atoms with Gasteiger partial charge in [-0.3, -0.25) is 9.59 Å². The average molecular weight is 214 g/mol. The van der Waals surface area contributed by atoms with Gasteiger partial charge in [-0.25, -0.2) is 0 Å². The third-order valence-corrected chi connectivity index (χ3v) is 2.57. The van der Waals surface area contributed by atoms with Gasteiger partial charge < -0.3 is 4.74 Å². The van der Waals surface area contributed by atoms with Crippen LogP contribution in [0.1, 0.15) is 53.4 Å². The lowest BCUT2D eigenvalue weighted by Gasteiger charge is -2.23. The lowest BCUT2D eigenvalue weighted by atomic mass is 9.91. The number of esters is 1. The predicted octanol–water partition coefficient (Wildman–Crippen LogP) is 2.72. The number of ketones is 1. The number of Topliss-reactive ketones (excluding diaryl/α,β-unsaturated/α-hetero) is 1. The largest absolute Gasteiger partial charge is 0.454 e. The maximum Gasteiger partial charge on any atom is 0.303 e. The second-order valence-electron chi connectivity index (χ2n) is 3.95. The van der Waals surface area contributed by atoms with Crippen LogP contribution < -0.4 is 0 Å². The van der Waals surface area contributed by atoms with Crippen molar-refractivity contribution in [3.63, 3.8) is 0 Å². The van der Waals surface area contributed by atoms with Gasteiger partial charge >= 0.3 is 5.97 Å². The van der Waals surface area contributed by atoms with E-state index >= 15 is 0 Å². The van der Waals surface area contributed by atoms with Gasteiger partial charge in [-0.2, -0.15) is 0 Å². The molecule has 0 heterocycles. The molecule has 0 rings (SSSR count). The first-order valence-electron chi connectivity index (χ1n) is 5.70. The topological polar surface area (TPSA) is 43.4 Å². The van der Waals surface area contributed by atoms with Crippen LogP contribution in [0.2, 0.25) is 0 Å². The normalized spacial score (nSPS) is 14.4. The molecule has 0 aliphatic heterocycles. The van der Waals surface area contributed by atoms with Crippen LogP contribution in [0, 0.1) is 5.92 Å². The molecule has 0 saturated carbocycles. The monoisotopic (exact) mass is 214 g/mol. The lowest BCUT2D eigenvalue weighted by Crippen LogP contribution is -2.32. The zero-order valence-corrected chi connectivity index (χ0v) is 10.2. The standard InChI is InChI=1S/C12H22O3/c1-5-7-8-11(6-2)12(9(3)13)15-10(4)14/h11-12H,5-8H2,1-4H3. The van der Waals surface area contributed by atoms with Crippen LogP contribution in [0.3, 0.4) is 0 Å². The zero-order valence-electron chi connectivity index (χ0n) is 10.2. The number of carbonyl (C=O) groups is 2. The molecule has 0 saturated heterocycles. The highest BCUT2D eigenvalue weighted by Gasteiger charge is 2.26. The Morgan fingerprint density at radius 1 is 1.20 bits per heavy atom. The van der Waals surface area contributed by atoms with Gasteiger partial charge in [0.25, 0.3) is 0 Å². The maximum atomic E-state index is 11.4. The highest BCUT2D eigenvalue weighted by molar-refractivity contribution is 5.83. The molecule has 0 fully saturated rings. The smallest absolute Gasteiger partial charge is 0.303 e. The molecule has 0 aliphatic carbocycles. The second kappa shape index (κ2) is 7.43. The van der Waals surface area contributed by atoms with Gasteiger partial charge in [-0.15, -0.1) is 0 Å². The molecule has 15 heavy (non-hydrogen) atoms. The quantitative estimate of drug-likeness (QED) is 0.612. The molecule has 0 amide bonds. The Kier molecular flexibility index (Phi) is 7.01. The van der Waals surface area contributed by atoms with Crippen LogP contribution in [-0.4, -0.2) is 17.9 Å². The Hall–Kier alpha value is -0.860. The fourth-order valence-electron chi connectivity index (χ4n) is 1.73. The van der Waals surface area contributed by atoms with Gasteiger partial charge in [0.15, 0.2) is 11.9 Å². The summed E-state index contributed by atoms with van der Waals surface area (Å²) in [4.78, 5) is 22.2. The minimum absolute atomic E-state index is 0.0480. The fourth-order valence-corrected chi connectivity index (χ4v) is 1.73. The Balaban J connectivity index is 4.40. The Bertz CT molecular complexity index is 211. The Labute approximate surface area is 92.2 Å². The highest BCUT2D eigenvalue weighted by Crippen LogP contribution is 2.20. The number of rotatable bonds is 7. The van der Waals surface area contributed by atoms with Crippen molar-refractivity contribution >= 4 is 11.8 Å². The van der Waals surface area contributed by atoms with Gasteiger partial charge in [0.1, 0.15) is 0 Å². The molecule has 0 N–H and O–H groups in total. The number of unbranched alkanes of at least 4 members (excludes halogenated alkanes) is 1. The fraction of sp³-hybridized carbons (Fsp3) is 0.833. The molecule has 3 heteroatoms. The highest BCUT2D eigenvalue weighted by atomic mass is 16.5. The SMILES string of the molecule is CCCCC(CC)C(OC(C)=O)C(C)=O. The van der Waals surface area contributed by atoms with E-state index in [1.165, 1.54) is 13.8 Å². The summed E-state index contributed by atoms with van der Waals surface area (Å²) in [6.07, 6.45) is 3.45. The minimum Gasteiger partial charge on any atom is -0.454 e. The average Bonchev–Trinajstić information content (AvgIpc) is 2.16. The van der Waals surface area contributed by atoms with Crippen molar-refractivity contribution in [2.24, 2.45) is 5.92 Å². The van der Waals surface area contributed by atoms with E-state index in [0.29, 0.717) is 0 Å². The van der Waals surface area contributed by atoms with Crippen LogP contribution in [0.25, 0.3) is 0 Å². The van der Waals surface area contributed by atoms with Crippen LogP contribution in [0.4, 0.5) is 0 Å². The second-order valence-corrected chi connectivity index (χ2v) is 3.95. The van der Waals surface area contributed by atoms with Crippen LogP contribution in [0.15, 0.2) is 0 Å². The summed E-state index contributed by atoms with van der Waals surface area (Å²) in [5, 5.41) is 0. The molecule has 3 nitrogen and oxygen atoms in total. The Morgan fingerprint density at radius 2 is 1.80 bits per heavy atom. The summed E-state index contributed by atoms with van der Waals surface area (Å²) in [5.74, 6) is -0.246. The first kappa shape index (κ1) is 14.1. The van der Waals surface area contributed by atoms with E-state index < -0.39 is 6.10 Å². The molecule has 2 atom stereocenters. The lowest BCUT2D eigenvalue weighted by molar-refractivity contribution is -0.156. The molecule has 0 aliphatic rings. The Morgan fingerprint density at radius 3 is 2.13 bits per heavy atom. The predicted molar refractivity (Wildman–Crippen MR) is 59.5 cm³/mol. The van der Waals surface area contributed by atoms with Gasteiger partial charge in [0, 0.05) is 12.8 Å². The summed E-state index contributed by atoms with van der Waals surface area (Å²) in [7, 11) is 0. The minimum atomic E-state index is -0.543. The van der Waals surface area contributed by atoms with E-state index in [9.17, 15) is 9.59 Å². The van der Waals surface area contributed by atoms with Crippen LogP contribution in [0.5, 0.6) is 0 Å². The molecular weight excluding hydrogens is 192 g/mol. The summed E-state index contributed by atoms with van der Waals surface area (Å²) in [5.41, 5.74) is 0. The van der Waals surface area contributed by atoms with E-state index in [0.717, 1.165) is 25.7 Å². The molecule has 0 bridgehead atoms. The van der Waals surface area contributed by atoms with Crippen molar-refractivity contribution in [1.29, 1.82) is 0 Å². The summed E-state index contributed by atoms with van der Waals surface area (Å²) < 4.78 is 5.07. The molecular formula is C12H22O3. The van der Waals surface area contributed by atoms with E-state index in [1.54, 1.807) is 0 Å². The summed E-state index contributed by atoms with van der Waals surface area (Å²) >= 11 is 0. The van der Waals surface area contributed by atoms with E-state index in [2.05, 4.69) is 6.92 Å². The van der Waals surface area contributed by atoms with Gasteiger partial charge in [-0.1, -0.05) is 26.7 Å². The van der Waals surface area contributed by atoms with Gasteiger partial charge in [-0.05, 0) is 19.8 Å². The van der Waals surface area contributed by atoms with E-state index in [-0.39, 0.29) is 17.7 Å². The van der Waals surface area contributed by atoms with E-state index in [4.69, 9.17) is 4.74 Å². The summed E-state index contributed by atoms with van der Waals surface area (Å²) in [6, 6.07) is 0. The van der Waals surface area contributed by atoms with Crippen LogP contribution in [-0.2, 0) is 14.3 Å².